The summed E-state index contributed by atoms with van der Waals surface area (Å²) in [5.74, 6) is -0.110. The normalized spacial score (nSPS) is 45.5. The molecule has 1 rings (SSSR count). The molecule has 0 aromatic carbocycles. The smallest absolute Gasteiger partial charge is 0.186 e. The minimum Gasteiger partial charge on any atom is -0.393 e. The number of rotatable bonds is 3. The van der Waals surface area contributed by atoms with Crippen LogP contribution < -0.4 is 0 Å². The summed E-state index contributed by atoms with van der Waals surface area (Å²) >= 11 is 5.54. The predicted octanol–water partition coefficient (Wildman–Crippen LogP) is -1.32. The van der Waals surface area contributed by atoms with Gasteiger partial charge in [-0.3, -0.25) is 0 Å². The molecule has 0 radical (unpaired) electrons. The first-order valence-corrected chi connectivity index (χ1v) is 4.38. The molecule has 13 heavy (non-hydrogen) atoms. The van der Waals surface area contributed by atoms with Crippen molar-refractivity contribution in [1.29, 1.82) is 0 Å². The lowest BCUT2D eigenvalue weighted by molar-refractivity contribution is -0.181. The Balaban J connectivity index is 2.79. The third-order valence-electron chi connectivity index (χ3n) is 2.22. The van der Waals surface area contributed by atoms with Crippen LogP contribution in [-0.4, -0.2) is 59.0 Å². The highest BCUT2D eigenvalue weighted by Gasteiger charge is 2.53. The fraction of sp³-hybridized carbons (Fsp3) is 1.00. The number of hydrogen-bond acceptors (Lipinski definition) is 5. The van der Waals surface area contributed by atoms with Gasteiger partial charge < -0.3 is 24.8 Å². The summed E-state index contributed by atoms with van der Waals surface area (Å²) in [7, 11) is 1.34. The Morgan fingerprint density at radius 3 is 2.38 bits per heavy atom. The Morgan fingerprint density at radius 1 is 1.54 bits per heavy atom. The van der Waals surface area contributed by atoms with E-state index in [1.165, 1.54) is 7.11 Å². The number of hydrogen-bond donors (Lipinski definition) is 3. The quantitative estimate of drug-likeness (QED) is 0.506. The predicted molar refractivity (Wildman–Crippen MR) is 44.4 cm³/mol. The summed E-state index contributed by atoms with van der Waals surface area (Å²) in [6.07, 6.45) is -3.36. The van der Waals surface area contributed by atoms with E-state index in [4.69, 9.17) is 26.2 Å². The second-order valence-corrected chi connectivity index (χ2v) is 3.28. The van der Waals surface area contributed by atoms with Gasteiger partial charge in [0.1, 0.15) is 17.8 Å². The van der Waals surface area contributed by atoms with Crippen molar-refractivity contribution in [2.24, 2.45) is 0 Å². The van der Waals surface area contributed by atoms with Crippen LogP contribution in [0.3, 0.4) is 0 Å². The van der Waals surface area contributed by atoms with Crippen molar-refractivity contribution >= 4 is 11.6 Å². The average molecular weight is 213 g/mol. The summed E-state index contributed by atoms with van der Waals surface area (Å²) in [5, 5.41) is 27.9. The summed E-state index contributed by atoms with van der Waals surface area (Å²) in [6.45, 7) is -0.464. The zero-order valence-electron chi connectivity index (χ0n) is 7.18. The fourth-order valence-corrected chi connectivity index (χ4v) is 1.61. The molecule has 0 aromatic rings. The molecule has 1 unspecified atom stereocenters. The molecule has 1 heterocycles. The van der Waals surface area contributed by atoms with Gasteiger partial charge in [0, 0.05) is 7.11 Å². The number of halogens is 1. The monoisotopic (exact) mass is 212 g/mol. The van der Waals surface area contributed by atoms with Crippen LogP contribution in [-0.2, 0) is 9.47 Å². The molecule has 4 atom stereocenters. The van der Waals surface area contributed by atoms with Crippen LogP contribution in [0.1, 0.15) is 0 Å². The second kappa shape index (κ2) is 4.08. The van der Waals surface area contributed by atoms with Crippen molar-refractivity contribution in [1.82, 2.24) is 0 Å². The maximum atomic E-state index is 9.51. The number of methoxy groups -OCH3 is 1. The van der Waals surface area contributed by atoms with Crippen LogP contribution >= 0.6 is 11.6 Å². The molecular formula is C7H13ClO5. The topological polar surface area (TPSA) is 79.2 Å². The van der Waals surface area contributed by atoms with Crippen LogP contribution in [0, 0.1) is 0 Å². The van der Waals surface area contributed by atoms with Crippen molar-refractivity contribution < 1.29 is 24.8 Å². The molecule has 5 nitrogen and oxygen atoms in total. The maximum absolute atomic E-state index is 9.51. The number of ether oxygens (including phenoxy) is 2. The molecular weight excluding hydrogens is 200 g/mol. The first kappa shape index (κ1) is 11.2. The van der Waals surface area contributed by atoms with Gasteiger partial charge in [0.05, 0.1) is 12.5 Å². The molecule has 0 aliphatic carbocycles. The lowest BCUT2D eigenvalue weighted by atomic mass is 9.99. The minimum atomic E-state index is -1.32. The third kappa shape index (κ3) is 1.68. The van der Waals surface area contributed by atoms with E-state index in [0.29, 0.717) is 0 Å². The molecule has 3 N–H and O–H groups in total. The molecule has 6 heteroatoms. The van der Waals surface area contributed by atoms with E-state index in [9.17, 15) is 10.2 Å². The lowest BCUT2D eigenvalue weighted by Gasteiger charge is -2.26. The number of alkyl halides is 1. The minimum absolute atomic E-state index is 0.110. The zero-order valence-corrected chi connectivity index (χ0v) is 7.94. The van der Waals surface area contributed by atoms with Gasteiger partial charge in [0.2, 0.25) is 0 Å². The number of aliphatic hydroxyl groups is 3. The highest BCUT2D eigenvalue weighted by Crippen LogP contribution is 2.32. The molecule has 1 aliphatic rings. The molecule has 0 amide bonds. The van der Waals surface area contributed by atoms with Crippen molar-refractivity contribution in [3.63, 3.8) is 0 Å². The lowest BCUT2D eigenvalue weighted by Crippen LogP contribution is -2.47. The summed E-state index contributed by atoms with van der Waals surface area (Å²) in [5.41, 5.74) is -1.32. The standard InChI is InChI=1S/C7H13ClO5/c1-12-6-4(10)5(11)7(2-8,3-9)13-6/h4-6,9-11H,2-3H2,1H3/t4-,5+,6?,7-/m1/s1. The zero-order chi connectivity index (χ0) is 10.1. The Kier molecular flexibility index (Phi) is 3.50. The van der Waals surface area contributed by atoms with E-state index >= 15 is 0 Å². The van der Waals surface area contributed by atoms with Crippen LogP contribution in [0.5, 0.6) is 0 Å². The third-order valence-corrected chi connectivity index (χ3v) is 2.67. The van der Waals surface area contributed by atoms with Gasteiger partial charge in [-0.2, -0.15) is 0 Å². The van der Waals surface area contributed by atoms with Gasteiger partial charge in [0.15, 0.2) is 6.29 Å². The molecule has 1 saturated heterocycles. The van der Waals surface area contributed by atoms with Gasteiger partial charge in [-0.25, -0.2) is 0 Å². The Labute approximate surface area is 80.8 Å². The van der Waals surface area contributed by atoms with Crippen LogP contribution in [0.2, 0.25) is 0 Å². The fourth-order valence-electron chi connectivity index (χ4n) is 1.30. The SMILES string of the molecule is COC1O[C@@](CO)(CCl)[C@@H](O)[C@H]1O. The highest BCUT2D eigenvalue weighted by atomic mass is 35.5. The molecule has 1 fully saturated rings. The van der Waals surface area contributed by atoms with Gasteiger partial charge in [-0.1, -0.05) is 0 Å². The van der Waals surface area contributed by atoms with E-state index in [0.717, 1.165) is 0 Å². The first-order valence-electron chi connectivity index (χ1n) is 3.85. The first-order chi connectivity index (χ1) is 6.11. The van der Waals surface area contributed by atoms with E-state index in [1.54, 1.807) is 0 Å². The van der Waals surface area contributed by atoms with E-state index in [1.807, 2.05) is 0 Å². The Bertz CT molecular complexity index is 172. The Morgan fingerprint density at radius 2 is 2.15 bits per heavy atom. The molecule has 0 spiro atoms. The average Bonchev–Trinajstić information content (AvgIpc) is 2.42. The van der Waals surface area contributed by atoms with Crippen LogP contribution in [0.15, 0.2) is 0 Å². The number of aliphatic hydroxyl groups excluding tert-OH is 3. The van der Waals surface area contributed by atoms with Crippen LogP contribution in [0.25, 0.3) is 0 Å². The van der Waals surface area contributed by atoms with Crippen molar-refractivity contribution in [3.8, 4) is 0 Å². The van der Waals surface area contributed by atoms with E-state index in [2.05, 4.69) is 0 Å². The maximum Gasteiger partial charge on any atom is 0.186 e. The van der Waals surface area contributed by atoms with E-state index < -0.39 is 30.7 Å². The van der Waals surface area contributed by atoms with Crippen molar-refractivity contribution in [2.45, 2.75) is 24.1 Å². The largest absolute Gasteiger partial charge is 0.393 e. The van der Waals surface area contributed by atoms with Crippen molar-refractivity contribution in [2.75, 3.05) is 19.6 Å². The second-order valence-electron chi connectivity index (χ2n) is 3.01. The summed E-state index contributed by atoms with van der Waals surface area (Å²) in [4.78, 5) is 0. The Hall–Kier alpha value is 0.0900. The molecule has 0 aromatic heterocycles. The summed E-state index contributed by atoms with van der Waals surface area (Å²) < 4.78 is 9.87. The van der Waals surface area contributed by atoms with Gasteiger partial charge >= 0.3 is 0 Å². The molecule has 1 aliphatic heterocycles. The van der Waals surface area contributed by atoms with Gasteiger partial charge in [0.25, 0.3) is 0 Å². The molecule has 0 saturated carbocycles. The highest BCUT2D eigenvalue weighted by molar-refractivity contribution is 6.18. The molecule has 78 valence electrons. The van der Waals surface area contributed by atoms with Crippen molar-refractivity contribution in [3.05, 3.63) is 0 Å². The van der Waals surface area contributed by atoms with Gasteiger partial charge in [-0.05, 0) is 0 Å². The molecule has 0 bridgehead atoms. The van der Waals surface area contributed by atoms with Crippen LogP contribution in [0.4, 0.5) is 0 Å². The van der Waals surface area contributed by atoms with E-state index in [-0.39, 0.29) is 5.88 Å². The summed E-state index contributed by atoms with van der Waals surface area (Å²) in [6, 6.07) is 0. The van der Waals surface area contributed by atoms with Gasteiger partial charge in [-0.15, -0.1) is 11.6 Å².